The Hall–Kier alpha value is -1.94. The minimum atomic E-state index is -4.96. The molecule has 0 spiro atoms. The van der Waals surface area contributed by atoms with Crippen molar-refractivity contribution in [2.75, 3.05) is 39.6 Å². The molecule has 0 aliphatic rings. The topological polar surface area (TPSA) is 237 Å². The van der Waals surface area contributed by atoms with Gasteiger partial charge < -0.3 is 33.8 Å². The van der Waals surface area contributed by atoms with E-state index in [0.29, 0.717) is 25.7 Å². The Morgan fingerprint density at radius 2 is 0.471 bits per heavy atom. The van der Waals surface area contributed by atoms with Crippen molar-refractivity contribution in [3.63, 3.8) is 0 Å². The Labute approximate surface area is 626 Å². The summed E-state index contributed by atoms with van der Waals surface area (Å²) in [7, 11) is -9.93. The maximum absolute atomic E-state index is 13.1. The van der Waals surface area contributed by atoms with E-state index in [1.807, 2.05) is 0 Å². The number of hydrogen-bond acceptors (Lipinski definition) is 15. The highest BCUT2D eigenvalue weighted by Crippen LogP contribution is 2.45. The van der Waals surface area contributed by atoms with E-state index in [9.17, 15) is 43.2 Å². The molecule has 0 fully saturated rings. The van der Waals surface area contributed by atoms with Crippen LogP contribution in [0.4, 0.5) is 0 Å². The number of ether oxygens (including phenoxy) is 4. The molecule has 0 saturated heterocycles. The molecular formula is C83H162O17P2. The van der Waals surface area contributed by atoms with E-state index in [4.69, 9.17) is 37.0 Å². The van der Waals surface area contributed by atoms with Gasteiger partial charge in [-0.05, 0) is 49.4 Å². The molecule has 0 bridgehead atoms. The Morgan fingerprint density at radius 1 is 0.275 bits per heavy atom. The molecule has 0 saturated carbocycles. The summed E-state index contributed by atoms with van der Waals surface area (Å²) in [5.41, 5.74) is 0. The number of unbranched alkanes of at least 4 members (excludes halogenated alkanes) is 44. The van der Waals surface area contributed by atoms with Crippen LogP contribution in [-0.4, -0.2) is 96.7 Å². The van der Waals surface area contributed by atoms with Crippen molar-refractivity contribution in [3.05, 3.63) is 0 Å². The maximum atomic E-state index is 13.1. The van der Waals surface area contributed by atoms with Crippen LogP contribution in [0, 0.1) is 23.7 Å². The Morgan fingerprint density at radius 3 is 0.696 bits per heavy atom. The number of aliphatic hydroxyl groups excluding tert-OH is 1. The standard InChI is InChI=1S/C83H162O17P2/c1-9-75(7)61-53-45-37-31-25-18-15-16-20-27-33-39-49-57-65-83(88)100-79(70-94-81(86)64-56-48-42-41-46-54-62-76(8)10-2)72-98-102(91,92)96-68-77(84)67-95-101(89,90)97-71-78(99-82(87)66-58-50-40-34-28-22-21-24-30-36-44-52-60-74(5)6)69-93-80(85)63-55-47-38-32-26-19-14-12-11-13-17-23-29-35-43-51-59-73(3)4/h73-79,84H,9-72H2,1-8H3,(H,89,90)(H,91,92)/t75?,76?,77-,78-,79-/m1/s1. The van der Waals surface area contributed by atoms with Crippen LogP contribution >= 0.6 is 15.6 Å². The van der Waals surface area contributed by atoms with Crippen LogP contribution < -0.4 is 0 Å². The summed E-state index contributed by atoms with van der Waals surface area (Å²) in [5, 5.41) is 10.7. The normalized spacial score (nSPS) is 14.5. The van der Waals surface area contributed by atoms with Crippen molar-refractivity contribution in [2.24, 2.45) is 23.7 Å². The van der Waals surface area contributed by atoms with E-state index < -0.39 is 97.5 Å². The largest absolute Gasteiger partial charge is 0.472 e. The lowest BCUT2D eigenvalue weighted by molar-refractivity contribution is -0.161. The van der Waals surface area contributed by atoms with E-state index in [-0.39, 0.29) is 25.7 Å². The van der Waals surface area contributed by atoms with Gasteiger partial charge in [-0.25, -0.2) is 9.13 Å². The lowest BCUT2D eigenvalue weighted by atomic mass is 9.99. The molecule has 0 aliphatic heterocycles. The van der Waals surface area contributed by atoms with Gasteiger partial charge in [-0.1, -0.05) is 376 Å². The third-order valence-corrected chi connectivity index (χ3v) is 21.9. The molecule has 102 heavy (non-hydrogen) atoms. The quantitative estimate of drug-likeness (QED) is 0.0222. The molecule has 0 aliphatic carbocycles. The fraction of sp³-hybridized carbons (Fsp3) is 0.952. The summed E-state index contributed by atoms with van der Waals surface area (Å²) in [6, 6.07) is 0. The van der Waals surface area contributed by atoms with Crippen LogP contribution in [0.2, 0.25) is 0 Å². The molecule has 7 atom stereocenters. The SMILES string of the molecule is CCC(C)CCCCCCCCCCCCCCCCC(=O)O[C@H](COC(=O)CCCCCCCCC(C)CC)COP(=O)(O)OC[C@H](O)COP(=O)(O)OC[C@@H](COC(=O)CCCCCCCCCCCCCCCCCCC(C)C)OC(=O)CCCCCCCCCCCCCCC(C)C. The van der Waals surface area contributed by atoms with Crippen molar-refractivity contribution in [1.29, 1.82) is 0 Å². The third kappa shape index (κ3) is 73.6. The second kappa shape index (κ2) is 72.0. The molecule has 0 aromatic rings. The van der Waals surface area contributed by atoms with E-state index in [2.05, 4.69) is 55.4 Å². The average molecular weight is 1490 g/mol. The number of aliphatic hydroxyl groups is 1. The maximum Gasteiger partial charge on any atom is 0.472 e. The molecule has 17 nitrogen and oxygen atoms in total. The van der Waals surface area contributed by atoms with E-state index in [1.54, 1.807) is 0 Å². The van der Waals surface area contributed by atoms with Gasteiger partial charge in [0.15, 0.2) is 12.2 Å². The predicted molar refractivity (Wildman–Crippen MR) is 418 cm³/mol. The van der Waals surface area contributed by atoms with Gasteiger partial charge in [0, 0.05) is 25.7 Å². The molecule has 0 heterocycles. The van der Waals surface area contributed by atoms with E-state index in [0.717, 1.165) is 120 Å². The van der Waals surface area contributed by atoms with Crippen LogP contribution in [0.5, 0.6) is 0 Å². The van der Waals surface area contributed by atoms with Gasteiger partial charge in [-0.2, -0.15) is 0 Å². The Bertz CT molecular complexity index is 1990. The Balaban J connectivity index is 5.23. The molecule has 606 valence electrons. The molecular weight excluding hydrogens is 1330 g/mol. The number of phosphoric acid groups is 2. The third-order valence-electron chi connectivity index (χ3n) is 20.0. The van der Waals surface area contributed by atoms with Gasteiger partial charge in [0.1, 0.15) is 19.3 Å². The second-order valence-electron chi connectivity index (χ2n) is 31.3. The lowest BCUT2D eigenvalue weighted by Crippen LogP contribution is -2.30. The zero-order chi connectivity index (χ0) is 75.3. The Kier molecular flexibility index (Phi) is 70.6. The highest BCUT2D eigenvalue weighted by Gasteiger charge is 2.30. The van der Waals surface area contributed by atoms with Crippen LogP contribution in [0.1, 0.15) is 428 Å². The van der Waals surface area contributed by atoms with Crippen LogP contribution in [-0.2, 0) is 65.4 Å². The van der Waals surface area contributed by atoms with Crippen molar-refractivity contribution < 1.29 is 80.2 Å². The molecule has 0 aromatic carbocycles. The monoisotopic (exact) mass is 1490 g/mol. The first-order chi connectivity index (χ1) is 49.2. The summed E-state index contributed by atoms with van der Waals surface area (Å²) in [4.78, 5) is 73.1. The highest BCUT2D eigenvalue weighted by atomic mass is 31.2. The van der Waals surface area contributed by atoms with Gasteiger partial charge in [0.25, 0.3) is 0 Å². The van der Waals surface area contributed by atoms with E-state index >= 15 is 0 Å². The molecule has 4 unspecified atom stereocenters. The van der Waals surface area contributed by atoms with Crippen molar-refractivity contribution in [1.82, 2.24) is 0 Å². The summed E-state index contributed by atoms with van der Waals surface area (Å²) in [6.45, 7) is 14.3. The fourth-order valence-corrected chi connectivity index (χ4v) is 14.3. The molecule has 0 amide bonds. The molecule has 0 aromatic heterocycles. The van der Waals surface area contributed by atoms with Gasteiger partial charge >= 0.3 is 39.5 Å². The number of rotatable bonds is 80. The molecule has 0 rings (SSSR count). The summed E-state index contributed by atoms with van der Waals surface area (Å²) >= 11 is 0. The van der Waals surface area contributed by atoms with Gasteiger partial charge in [-0.15, -0.1) is 0 Å². The van der Waals surface area contributed by atoms with Gasteiger partial charge in [-0.3, -0.25) is 37.3 Å². The van der Waals surface area contributed by atoms with Crippen molar-refractivity contribution in [2.45, 2.75) is 446 Å². The summed E-state index contributed by atoms with van der Waals surface area (Å²) in [5.74, 6) is 1.05. The van der Waals surface area contributed by atoms with Gasteiger partial charge in [0.05, 0.1) is 26.4 Å². The zero-order valence-electron chi connectivity index (χ0n) is 67.2. The van der Waals surface area contributed by atoms with E-state index in [1.165, 1.54) is 225 Å². The smallest absolute Gasteiger partial charge is 0.462 e. The molecule has 0 radical (unpaired) electrons. The number of esters is 4. The number of hydrogen-bond donors (Lipinski definition) is 3. The van der Waals surface area contributed by atoms with Crippen molar-refractivity contribution >= 4 is 39.5 Å². The minimum absolute atomic E-state index is 0.106. The first-order valence-electron chi connectivity index (χ1n) is 42.8. The number of phosphoric ester groups is 2. The first-order valence-corrected chi connectivity index (χ1v) is 45.8. The summed E-state index contributed by atoms with van der Waals surface area (Å²) < 4.78 is 68.8. The minimum Gasteiger partial charge on any atom is -0.462 e. The van der Waals surface area contributed by atoms with Crippen LogP contribution in [0.3, 0.4) is 0 Å². The van der Waals surface area contributed by atoms with Crippen LogP contribution in [0.15, 0.2) is 0 Å². The molecule has 19 heteroatoms. The van der Waals surface area contributed by atoms with Gasteiger partial charge in [0.2, 0.25) is 0 Å². The second-order valence-corrected chi connectivity index (χ2v) is 34.2. The number of carbonyl (C=O) groups is 4. The fourth-order valence-electron chi connectivity index (χ4n) is 12.7. The zero-order valence-corrected chi connectivity index (χ0v) is 69.0. The summed E-state index contributed by atoms with van der Waals surface area (Å²) in [6.07, 6.45) is 59.6. The molecule has 3 N–H and O–H groups in total. The predicted octanol–water partition coefficient (Wildman–Crippen LogP) is 24.8. The van der Waals surface area contributed by atoms with Crippen LogP contribution in [0.25, 0.3) is 0 Å². The highest BCUT2D eigenvalue weighted by molar-refractivity contribution is 7.47. The first kappa shape index (κ1) is 100. The lowest BCUT2D eigenvalue weighted by Gasteiger charge is -2.21. The number of carbonyl (C=O) groups excluding carboxylic acids is 4. The average Bonchev–Trinajstić information content (AvgIpc) is 1.08. The van der Waals surface area contributed by atoms with Crippen molar-refractivity contribution in [3.8, 4) is 0 Å².